The van der Waals surface area contributed by atoms with Gasteiger partial charge in [-0.3, -0.25) is 30.0 Å². The summed E-state index contributed by atoms with van der Waals surface area (Å²) in [4.78, 5) is 52.9. The van der Waals surface area contributed by atoms with Gasteiger partial charge in [0, 0.05) is 30.4 Å². The lowest BCUT2D eigenvalue weighted by molar-refractivity contribution is -0.144. The summed E-state index contributed by atoms with van der Waals surface area (Å²) >= 11 is 0. The van der Waals surface area contributed by atoms with Crippen LogP contribution in [-0.2, 0) is 9.59 Å². The zero-order chi connectivity index (χ0) is 19.4. The molecule has 2 aromatic rings. The van der Waals surface area contributed by atoms with Crippen molar-refractivity contribution in [2.24, 2.45) is 5.41 Å². The second kappa shape index (κ2) is 7.36. The monoisotopic (exact) mass is 366 g/mol. The Kier molecular flexibility index (Phi) is 4.98. The van der Waals surface area contributed by atoms with E-state index in [0.717, 1.165) is 0 Å². The summed E-state index contributed by atoms with van der Waals surface area (Å²) in [6.07, 6.45) is 3.07. The van der Waals surface area contributed by atoms with Crippen LogP contribution in [0, 0.1) is 5.41 Å². The number of hydrogen-bond donors (Lipinski definition) is 3. The van der Waals surface area contributed by atoms with Crippen LogP contribution in [0.5, 0.6) is 0 Å². The summed E-state index contributed by atoms with van der Waals surface area (Å²) in [5.41, 5.74) is -0.483. The molecule has 0 radical (unpaired) electrons. The molecule has 0 saturated carbocycles. The summed E-state index contributed by atoms with van der Waals surface area (Å²) < 4.78 is 0. The summed E-state index contributed by atoms with van der Waals surface area (Å²) in [6, 6.07) is 11.1. The molecule has 8 nitrogen and oxygen atoms in total. The van der Waals surface area contributed by atoms with Crippen LogP contribution < -0.4 is 16.0 Å². The van der Waals surface area contributed by atoms with Gasteiger partial charge in [-0.1, -0.05) is 18.2 Å². The van der Waals surface area contributed by atoms with E-state index in [4.69, 9.17) is 0 Å². The molecule has 1 atom stereocenters. The largest absolute Gasteiger partial charge is 0.351 e. The Morgan fingerprint density at radius 3 is 2.22 bits per heavy atom. The fourth-order valence-electron chi connectivity index (χ4n) is 3.05. The molecule has 0 spiro atoms. The average molecular weight is 366 g/mol. The summed E-state index contributed by atoms with van der Waals surface area (Å²) in [5, 5.41) is 7.03. The van der Waals surface area contributed by atoms with Gasteiger partial charge in [0.05, 0.1) is 0 Å². The molecule has 1 saturated heterocycles. The first kappa shape index (κ1) is 18.2. The van der Waals surface area contributed by atoms with Crippen LogP contribution in [0.1, 0.15) is 28.8 Å². The summed E-state index contributed by atoms with van der Waals surface area (Å²) in [5.74, 6) is -2.47. The molecule has 1 unspecified atom stereocenters. The molecule has 0 bridgehead atoms. The molecular weight excluding hydrogens is 348 g/mol. The van der Waals surface area contributed by atoms with Gasteiger partial charge in [-0.25, -0.2) is 4.79 Å². The highest BCUT2D eigenvalue weighted by Gasteiger charge is 2.52. The van der Waals surface area contributed by atoms with Gasteiger partial charge in [-0.15, -0.1) is 0 Å². The number of carbonyl (C=O) groups is 4. The quantitative estimate of drug-likeness (QED) is 0.682. The molecule has 1 aromatic heterocycles. The molecular formula is C19H18N4O4. The van der Waals surface area contributed by atoms with Crippen LogP contribution in [0.15, 0.2) is 54.9 Å². The molecule has 138 valence electrons. The van der Waals surface area contributed by atoms with Crippen molar-refractivity contribution in [1.29, 1.82) is 0 Å². The van der Waals surface area contributed by atoms with Crippen LogP contribution >= 0.6 is 0 Å². The first-order valence-corrected chi connectivity index (χ1v) is 8.33. The second-order valence-electron chi connectivity index (χ2n) is 6.35. The van der Waals surface area contributed by atoms with Gasteiger partial charge < -0.3 is 5.32 Å². The third-order valence-corrected chi connectivity index (χ3v) is 4.71. The average Bonchev–Trinajstić information content (AvgIpc) is 2.68. The number of pyridine rings is 1. The highest BCUT2D eigenvalue weighted by atomic mass is 16.2. The molecule has 1 aliphatic heterocycles. The Balaban J connectivity index is 1.90. The smallest absolute Gasteiger partial charge is 0.328 e. The molecule has 3 rings (SSSR count). The van der Waals surface area contributed by atoms with E-state index in [1.54, 1.807) is 42.5 Å². The third-order valence-electron chi connectivity index (χ3n) is 4.71. The minimum Gasteiger partial charge on any atom is -0.351 e. The Bertz CT molecular complexity index is 863. The lowest BCUT2D eigenvalue weighted by atomic mass is 9.71. The van der Waals surface area contributed by atoms with Crippen LogP contribution in [0.2, 0.25) is 0 Å². The molecule has 1 aromatic carbocycles. The number of benzene rings is 1. The maximum atomic E-state index is 12.5. The predicted molar refractivity (Wildman–Crippen MR) is 95.5 cm³/mol. The number of carbonyl (C=O) groups excluding carboxylic acids is 4. The number of urea groups is 1. The van der Waals surface area contributed by atoms with Crippen LogP contribution in [-0.4, -0.2) is 35.3 Å². The Labute approximate surface area is 155 Å². The van der Waals surface area contributed by atoms with E-state index in [1.165, 1.54) is 19.3 Å². The topological polar surface area (TPSA) is 117 Å². The normalized spacial score (nSPS) is 16.9. The molecule has 1 aliphatic rings. The fraction of sp³-hybridized carbons (Fsp3) is 0.211. The zero-order valence-electron chi connectivity index (χ0n) is 14.6. The summed E-state index contributed by atoms with van der Waals surface area (Å²) in [7, 11) is 0. The van der Waals surface area contributed by atoms with Crippen molar-refractivity contribution in [2.75, 3.05) is 6.54 Å². The molecule has 8 heteroatoms. The maximum absolute atomic E-state index is 12.5. The Morgan fingerprint density at radius 1 is 1.04 bits per heavy atom. The SMILES string of the molecule is CC1(C(CNC(=O)c2ccccc2)c2ccncc2)C(=O)NC(=O)NC1=O. The van der Waals surface area contributed by atoms with E-state index in [0.29, 0.717) is 11.1 Å². The number of nitrogens with one attached hydrogen (secondary N) is 3. The van der Waals surface area contributed by atoms with Crippen molar-refractivity contribution in [1.82, 2.24) is 20.9 Å². The number of hydrogen-bond acceptors (Lipinski definition) is 5. The summed E-state index contributed by atoms with van der Waals surface area (Å²) in [6.45, 7) is 1.47. The second-order valence-corrected chi connectivity index (χ2v) is 6.35. The van der Waals surface area contributed by atoms with E-state index in [2.05, 4.69) is 20.9 Å². The zero-order valence-corrected chi connectivity index (χ0v) is 14.6. The lowest BCUT2D eigenvalue weighted by Crippen LogP contribution is -2.64. The molecule has 5 amide bonds. The molecule has 0 aliphatic carbocycles. The predicted octanol–water partition coefficient (Wildman–Crippen LogP) is 0.967. The van der Waals surface area contributed by atoms with E-state index in [9.17, 15) is 19.2 Å². The standard InChI is InChI=1S/C19H18N4O4/c1-19(16(25)22-18(27)23-17(19)26)14(12-7-9-20-10-8-12)11-21-15(24)13-5-3-2-4-6-13/h2-10,14H,11H2,1H3,(H,21,24)(H2,22,23,25,26,27). The number of amides is 5. The minimum atomic E-state index is -1.58. The molecule has 2 heterocycles. The minimum absolute atomic E-state index is 0.0171. The van der Waals surface area contributed by atoms with E-state index >= 15 is 0 Å². The van der Waals surface area contributed by atoms with Gasteiger partial charge in [0.25, 0.3) is 5.91 Å². The van der Waals surface area contributed by atoms with Crippen molar-refractivity contribution in [2.45, 2.75) is 12.8 Å². The molecule has 27 heavy (non-hydrogen) atoms. The highest BCUT2D eigenvalue weighted by Crippen LogP contribution is 2.37. The molecule has 3 N–H and O–H groups in total. The van der Waals surface area contributed by atoms with Crippen molar-refractivity contribution < 1.29 is 19.2 Å². The first-order chi connectivity index (χ1) is 12.9. The van der Waals surface area contributed by atoms with Crippen molar-refractivity contribution >= 4 is 23.8 Å². The number of nitrogens with zero attached hydrogens (tertiary/aromatic N) is 1. The van der Waals surface area contributed by atoms with Gasteiger partial charge in [0.2, 0.25) is 11.8 Å². The van der Waals surface area contributed by atoms with Gasteiger partial charge in [-0.05, 0) is 36.8 Å². The van der Waals surface area contributed by atoms with Gasteiger partial charge >= 0.3 is 6.03 Å². The van der Waals surface area contributed by atoms with Crippen LogP contribution in [0.3, 0.4) is 0 Å². The van der Waals surface area contributed by atoms with Gasteiger partial charge in [0.1, 0.15) is 5.41 Å². The number of imide groups is 2. The van der Waals surface area contributed by atoms with Crippen molar-refractivity contribution in [3.05, 3.63) is 66.0 Å². The van der Waals surface area contributed by atoms with E-state index in [-0.39, 0.29) is 12.5 Å². The van der Waals surface area contributed by atoms with E-state index in [1.807, 2.05) is 0 Å². The van der Waals surface area contributed by atoms with Crippen molar-refractivity contribution in [3.8, 4) is 0 Å². The molecule has 1 fully saturated rings. The fourth-order valence-corrected chi connectivity index (χ4v) is 3.05. The van der Waals surface area contributed by atoms with Gasteiger partial charge in [-0.2, -0.15) is 0 Å². The third kappa shape index (κ3) is 3.55. The van der Waals surface area contributed by atoms with Crippen LogP contribution in [0.4, 0.5) is 4.79 Å². The van der Waals surface area contributed by atoms with E-state index < -0.39 is 29.2 Å². The Morgan fingerprint density at radius 2 is 1.63 bits per heavy atom. The number of rotatable bonds is 5. The number of barbiturate groups is 1. The maximum Gasteiger partial charge on any atom is 0.328 e. The van der Waals surface area contributed by atoms with Gasteiger partial charge in [0.15, 0.2) is 0 Å². The number of aromatic nitrogens is 1. The highest BCUT2D eigenvalue weighted by molar-refractivity contribution is 6.19. The van der Waals surface area contributed by atoms with Crippen LogP contribution in [0.25, 0.3) is 0 Å². The van der Waals surface area contributed by atoms with Crippen molar-refractivity contribution in [3.63, 3.8) is 0 Å². The lowest BCUT2D eigenvalue weighted by Gasteiger charge is -2.37. The Hall–Kier alpha value is -3.55. The first-order valence-electron chi connectivity index (χ1n) is 8.33.